The van der Waals surface area contributed by atoms with Gasteiger partial charge in [-0.05, 0) is 68.6 Å². The van der Waals surface area contributed by atoms with Gasteiger partial charge in [0.2, 0.25) is 0 Å². The van der Waals surface area contributed by atoms with Gasteiger partial charge in [0.1, 0.15) is 21.3 Å². The molecule has 0 amide bonds. The van der Waals surface area contributed by atoms with E-state index in [2.05, 4.69) is 15.5 Å². The molecule has 0 spiro atoms. The number of aromatic carboxylic acids is 1. The van der Waals surface area contributed by atoms with Gasteiger partial charge in [0.25, 0.3) is 5.79 Å². The van der Waals surface area contributed by atoms with E-state index in [1.807, 2.05) is 12.1 Å². The summed E-state index contributed by atoms with van der Waals surface area (Å²) in [5, 5.41) is 9.77. The van der Waals surface area contributed by atoms with Gasteiger partial charge in [0.15, 0.2) is 11.5 Å². The summed E-state index contributed by atoms with van der Waals surface area (Å²) >= 11 is 7.18. The van der Waals surface area contributed by atoms with E-state index in [9.17, 15) is 14.3 Å². The van der Waals surface area contributed by atoms with E-state index < -0.39 is 17.6 Å². The maximum Gasteiger partial charge on any atom is 0.346 e. The Morgan fingerprint density at radius 3 is 2.71 bits per heavy atom. The van der Waals surface area contributed by atoms with Crippen LogP contribution in [0.15, 0.2) is 42.5 Å². The lowest BCUT2D eigenvalue weighted by atomic mass is 9.88. The zero-order chi connectivity index (χ0) is 28.3. The zero-order valence-corrected chi connectivity index (χ0v) is 24.0. The fraction of sp³-hybridized carbons (Fsp3) is 0.400. The molecular formula is C30H29ClFN3O5S. The van der Waals surface area contributed by atoms with E-state index >= 15 is 0 Å². The molecule has 2 atom stereocenters. The van der Waals surface area contributed by atoms with Crippen molar-refractivity contribution in [3.8, 4) is 11.5 Å². The number of aromatic nitrogens is 2. The Bertz CT molecular complexity index is 1640. The summed E-state index contributed by atoms with van der Waals surface area (Å²) in [6, 6.07) is 12.1. The SMILES string of the molecule is C[C@]1(c2ccc(Cl)cc2F)Oc2cccc(C3CCN(Cc4nc5sc(C(=O)O)cc5n4C[C@@H]4CCO4)CC3)c2O1. The highest BCUT2D eigenvalue weighted by atomic mass is 35.5. The molecule has 0 saturated carbocycles. The molecule has 214 valence electrons. The number of piperidine rings is 1. The van der Waals surface area contributed by atoms with Gasteiger partial charge in [0, 0.05) is 24.1 Å². The summed E-state index contributed by atoms with van der Waals surface area (Å²) in [4.78, 5) is 19.8. The molecule has 0 radical (unpaired) electrons. The molecule has 2 aromatic carbocycles. The number of hydrogen-bond donors (Lipinski definition) is 1. The van der Waals surface area contributed by atoms with Gasteiger partial charge in [-0.25, -0.2) is 14.2 Å². The summed E-state index contributed by atoms with van der Waals surface area (Å²) in [6.45, 7) is 5.61. The predicted molar refractivity (Wildman–Crippen MR) is 153 cm³/mol. The minimum absolute atomic E-state index is 0.138. The number of nitrogens with zero attached hydrogens (tertiary/aromatic N) is 3. The molecule has 4 aromatic rings. The van der Waals surface area contributed by atoms with Crippen LogP contribution in [0.25, 0.3) is 10.3 Å². The van der Waals surface area contributed by atoms with Crippen LogP contribution in [0, 0.1) is 5.82 Å². The highest BCUT2D eigenvalue weighted by Gasteiger charge is 2.43. The lowest BCUT2D eigenvalue weighted by molar-refractivity contribution is -0.0712. The minimum Gasteiger partial charge on any atom is -0.477 e. The van der Waals surface area contributed by atoms with Crippen molar-refractivity contribution in [3.05, 3.63) is 75.1 Å². The third-order valence-corrected chi connectivity index (χ3v) is 9.58. The van der Waals surface area contributed by atoms with Crippen molar-refractivity contribution >= 4 is 39.3 Å². The van der Waals surface area contributed by atoms with Crippen LogP contribution in [0.3, 0.4) is 0 Å². The number of para-hydroxylation sites is 1. The van der Waals surface area contributed by atoms with Gasteiger partial charge >= 0.3 is 5.97 Å². The lowest BCUT2D eigenvalue weighted by Crippen LogP contribution is -2.35. The Labute approximate surface area is 245 Å². The number of carbonyl (C=O) groups is 1. The van der Waals surface area contributed by atoms with Crippen LogP contribution in [0.1, 0.15) is 58.7 Å². The maximum absolute atomic E-state index is 14.8. The van der Waals surface area contributed by atoms with E-state index in [1.54, 1.807) is 25.1 Å². The number of likely N-dealkylation sites (tertiary alicyclic amines) is 1. The first kappa shape index (κ1) is 26.7. The largest absolute Gasteiger partial charge is 0.477 e. The molecule has 0 bridgehead atoms. The molecule has 5 heterocycles. The number of carboxylic acids is 1. The molecule has 2 fully saturated rings. The highest BCUT2D eigenvalue weighted by molar-refractivity contribution is 7.20. The molecule has 8 nitrogen and oxygen atoms in total. The normalized spacial score (nSPS) is 22.8. The first-order valence-electron chi connectivity index (χ1n) is 13.8. The van der Waals surface area contributed by atoms with Crippen molar-refractivity contribution in [1.82, 2.24) is 14.5 Å². The van der Waals surface area contributed by atoms with Crippen LogP contribution < -0.4 is 9.47 Å². The van der Waals surface area contributed by atoms with Crippen molar-refractivity contribution in [1.29, 1.82) is 0 Å². The number of fused-ring (bicyclic) bond motifs is 2. The van der Waals surface area contributed by atoms with E-state index in [4.69, 9.17) is 30.8 Å². The molecule has 7 rings (SSSR count). The molecule has 11 heteroatoms. The predicted octanol–water partition coefficient (Wildman–Crippen LogP) is 6.40. The van der Waals surface area contributed by atoms with E-state index in [0.29, 0.717) is 40.1 Å². The summed E-state index contributed by atoms with van der Waals surface area (Å²) in [5.74, 6) is -0.173. The average molecular weight is 598 g/mol. The summed E-state index contributed by atoms with van der Waals surface area (Å²) in [6.07, 6.45) is 2.99. The van der Waals surface area contributed by atoms with Gasteiger partial charge in [-0.1, -0.05) is 23.7 Å². The highest BCUT2D eigenvalue weighted by Crippen LogP contribution is 2.50. The maximum atomic E-state index is 14.8. The molecule has 3 aliphatic heterocycles. The second kappa shape index (κ2) is 10.3. The number of imidazole rings is 1. The van der Waals surface area contributed by atoms with Crippen LogP contribution in [0.5, 0.6) is 11.5 Å². The fourth-order valence-electron chi connectivity index (χ4n) is 6.06. The molecule has 0 unspecified atom stereocenters. The van der Waals surface area contributed by atoms with Crippen molar-refractivity contribution in [2.75, 3.05) is 19.7 Å². The Hall–Kier alpha value is -3.18. The van der Waals surface area contributed by atoms with Crippen LogP contribution in [0.2, 0.25) is 5.02 Å². The Morgan fingerprint density at radius 1 is 1.20 bits per heavy atom. The van der Waals surface area contributed by atoms with Crippen LogP contribution in [0.4, 0.5) is 4.39 Å². The molecule has 3 aliphatic rings. The number of ether oxygens (including phenoxy) is 3. The lowest BCUT2D eigenvalue weighted by Gasteiger charge is -2.33. The van der Waals surface area contributed by atoms with Crippen molar-refractivity contribution < 1.29 is 28.5 Å². The summed E-state index contributed by atoms with van der Waals surface area (Å²) in [7, 11) is 0. The second-order valence-corrected chi connectivity index (χ2v) is 12.5. The third kappa shape index (κ3) is 4.86. The van der Waals surface area contributed by atoms with Gasteiger partial charge < -0.3 is 23.9 Å². The number of thiophene rings is 1. The number of hydrogen-bond acceptors (Lipinski definition) is 7. The zero-order valence-electron chi connectivity index (χ0n) is 22.4. The van der Waals surface area contributed by atoms with Gasteiger partial charge in [-0.2, -0.15) is 0 Å². The first-order valence-corrected chi connectivity index (χ1v) is 15.0. The summed E-state index contributed by atoms with van der Waals surface area (Å²) < 4.78 is 35.1. The van der Waals surface area contributed by atoms with Gasteiger partial charge in [0.05, 0.1) is 30.3 Å². The monoisotopic (exact) mass is 597 g/mol. The van der Waals surface area contributed by atoms with Gasteiger partial charge in [-0.15, -0.1) is 11.3 Å². The van der Waals surface area contributed by atoms with Crippen LogP contribution in [-0.4, -0.2) is 51.3 Å². The van der Waals surface area contributed by atoms with Crippen molar-refractivity contribution in [3.63, 3.8) is 0 Å². The van der Waals surface area contributed by atoms with E-state index in [1.165, 1.54) is 17.4 Å². The fourth-order valence-corrected chi connectivity index (χ4v) is 7.11. The Morgan fingerprint density at radius 2 is 2.00 bits per heavy atom. The third-order valence-electron chi connectivity index (χ3n) is 8.34. The molecule has 2 aromatic heterocycles. The Balaban J connectivity index is 1.07. The number of carboxylic acid groups (broad SMARTS) is 1. The second-order valence-electron chi connectivity index (χ2n) is 11.0. The Kier molecular flexibility index (Phi) is 6.69. The number of rotatable bonds is 7. The van der Waals surface area contributed by atoms with E-state index in [-0.39, 0.29) is 12.0 Å². The molecule has 0 aliphatic carbocycles. The number of benzene rings is 2. The molecular weight excluding hydrogens is 569 g/mol. The van der Waals surface area contributed by atoms with Crippen molar-refractivity contribution in [2.24, 2.45) is 0 Å². The molecule has 2 saturated heterocycles. The molecule has 1 N–H and O–H groups in total. The van der Waals surface area contributed by atoms with Crippen LogP contribution in [-0.2, 0) is 23.6 Å². The van der Waals surface area contributed by atoms with Gasteiger partial charge in [-0.3, -0.25) is 4.90 Å². The van der Waals surface area contributed by atoms with Crippen LogP contribution >= 0.6 is 22.9 Å². The first-order chi connectivity index (χ1) is 19.8. The summed E-state index contributed by atoms with van der Waals surface area (Å²) in [5.41, 5.74) is 2.24. The molecule has 41 heavy (non-hydrogen) atoms. The van der Waals surface area contributed by atoms with Crippen molar-refractivity contribution in [2.45, 2.75) is 57.1 Å². The number of halogens is 2. The standard InChI is InChI=1S/C30H29ClFN3O5S/c1-30(21-6-5-18(31)13-22(21)32)39-24-4-2-3-20(27(24)40-30)17-7-10-34(11-8-17)16-26-33-28-23(14-25(41-28)29(36)37)35(26)15-19-9-12-38-19/h2-6,13-14,17,19H,7-12,15-16H2,1H3,(H,36,37)/t19-,30-/m0/s1. The quantitative estimate of drug-likeness (QED) is 0.264. The topological polar surface area (TPSA) is 86.1 Å². The smallest absolute Gasteiger partial charge is 0.346 e. The minimum atomic E-state index is -1.28. The average Bonchev–Trinajstić information content (AvgIpc) is 3.57. The van der Waals surface area contributed by atoms with E-state index in [0.717, 1.165) is 60.7 Å².